The second kappa shape index (κ2) is 4.98. The number of fused-ring (bicyclic) bond motifs is 1. The Bertz CT molecular complexity index is 697. The highest BCUT2D eigenvalue weighted by molar-refractivity contribution is 5.11. The van der Waals surface area contributed by atoms with Crippen LogP contribution in [-0.2, 0) is 21.3 Å². The van der Waals surface area contributed by atoms with Crippen LogP contribution < -0.4 is 11.2 Å². The van der Waals surface area contributed by atoms with Crippen LogP contribution in [0.3, 0.4) is 0 Å². The highest BCUT2D eigenvalue weighted by Crippen LogP contribution is 2.50. The van der Waals surface area contributed by atoms with E-state index >= 15 is 0 Å². The van der Waals surface area contributed by atoms with E-state index in [2.05, 4.69) is 0 Å². The Labute approximate surface area is 124 Å². The Balaban J connectivity index is 2.14. The van der Waals surface area contributed by atoms with Crippen molar-refractivity contribution in [2.75, 3.05) is 20.1 Å². The molecule has 0 radical (unpaired) electrons. The standard InChI is InChI=1S/C13H17FN2O6/c1-12-9(20-7-21-12)13(5-14,6-17)22-10(12)16-4-3-8(18)15(2)11(16)19/h3-4,9-10,17H,5-7H2,1-2H3/t9-,10+,12+,13+/m0/s1. The number of aliphatic hydroxyl groups is 1. The third-order valence-corrected chi connectivity index (χ3v) is 4.40. The zero-order chi connectivity index (χ0) is 16.1. The average molecular weight is 316 g/mol. The lowest BCUT2D eigenvalue weighted by molar-refractivity contribution is -0.180. The number of ether oxygens (including phenoxy) is 3. The van der Waals surface area contributed by atoms with E-state index in [9.17, 15) is 19.1 Å². The van der Waals surface area contributed by atoms with Crippen LogP contribution >= 0.6 is 0 Å². The van der Waals surface area contributed by atoms with Crippen molar-refractivity contribution in [2.45, 2.75) is 30.5 Å². The Morgan fingerprint density at radius 1 is 1.50 bits per heavy atom. The molecule has 1 aromatic heterocycles. The smallest absolute Gasteiger partial charge is 0.332 e. The number of nitrogens with zero attached hydrogens (tertiary/aromatic N) is 2. The van der Waals surface area contributed by atoms with Gasteiger partial charge in [-0.1, -0.05) is 0 Å². The maximum atomic E-state index is 13.5. The molecule has 1 N–H and O–H groups in total. The summed E-state index contributed by atoms with van der Waals surface area (Å²) in [6.45, 7) is -0.0858. The molecule has 4 atom stereocenters. The number of alkyl halides is 1. The van der Waals surface area contributed by atoms with E-state index in [4.69, 9.17) is 14.2 Å². The summed E-state index contributed by atoms with van der Waals surface area (Å²) in [6, 6.07) is 1.20. The SMILES string of the molecule is Cn1c(=O)ccn([C@@H]2O[C@@](CO)(CF)[C@H]3OCO[C@]32C)c1=O. The van der Waals surface area contributed by atoms with Crippen molar-refractivity contribution in [3.8, 4) is 0 Å². The Morgan fingerprint density at radius 2 is 2.23 bits per heavy atom. The minimum Gasteiger partial charge on any atom is -0.393 e. The summed E-state index contributed by atoms with van der Waals surface area (Å²) >= 11 is 0. The quantitative estimate of drug-likeness (QED) is 0.762. The van der Waals surface area contributed by atoms with Gasteiger partial charge in [-0.3, -0.25) is 13.9 Å². The maximum Gasteiger partial charge on any atom is 0.332 e. The van der Waals surface area contributed by atoms with Crippen LogP contribution in [-0.4, -0.2) is 51.6 Å². The van der Waals surface area contributed by atoms with Crippen molar-refractivity contribution in [1.29, 1.82) is 0 Å². The minimum atomic E-state index is -1.61. The van der Waals surface area contributed by atoms with Gasteiger partial charge in [-0.2, -0.15) is 0 Å². The Hall–Kier alpha value is -1.55. The van der Waals surface area contributed by atoms with Gasteiger partial charge in [0, 0.05) is 19.3 Å². The first-order chi connectivity index (χ1) is 10.4. The summed E-state index contributed by atoms with van der Waals surface area (Å²) in [7, 11) is 1.33. The number of hydrogen-bond donors (Lipinski definition) is 1. The molecule has 0 aliphatic carbocycles. The first-order valence-electron chi connectivity index (χ1n) is 6.78. The predicted octanol–water partition coefficient (Wildman–Crippen LogP) is -1.09. The topological polar surface area (TPSA) is 91.9 Å². The van der Waals surface area contributed by atoms with Crippen LogP contribution in [0.5, 0.6) is 0 Å². The van der Waals surface area contributed by atoms with Crippen LogP contribution in [0, 0.1) is 0 Å². The van der Waals surface area contributed by atoms with Gasteiger partial charge in [-0.15, -0.1) is 0 Å². The van der Waals surface area contributed by atoms with E-state index in [0.717, 1.165) is 9.13 Å². The molecule has 0 spiro atoms. The Kier molecular flexibility index (Phi) is 3.48. The predicted molar refractivity (Wildman–Crippen MR) is 71.1 cm³/mol. The minimum absolute atomic E-state index is 0.0940. The highest BCUT2D eigenvalue weighted by Gasteiger charge is 2.67. The lowest BCUT2D eigenvalue weighted by Crippen LogP contribution is -2.51. The van der Waals surface area contributed by atoms with E-state index in [-0.39, 0.29) is 6.79 Å². The molecule has 0 aromatic carbocycles. The third-order valence-electron chi connectivity index (χ3n) is 4.40. The molecule has 0 amide bonds. The lowest BCUT2D eigenvalue weighted by Gasteiger charge is -2.28. The monoisotopic (exact) mass is 316 g/mol. The first kappa shape index (κ1) is 15.3. The molecule has 2 aliphatic rings. The van der Waals surface area contributed by atoms with E-state index in [0.29, 0.717) is 0 Å². The van der Waals surface area contributed by atoms with Gasteiger partial charge >= 0.3 is 5.69 Å². The molecular formula is C13H17FN2O6. The van der Waals surface area contributed by atoms with Crippen LogP contribution in [0.1, 0.15) is 13.2 Å². The molecule has 122 valence electrons. The molecular weight excluding hydrogens is 299 g/mol. The molecule has 0 saturated carbocycles. The molecule has 2 aliphatic heterocycles. The molecule has 1 aromatic rings. The van der Waals surface area contributed by atoms with Crippen molar-refractivity contribution in [1.82, 2.24) is 9.13 Å². The number of aromatic nitrogens is 2. The van der Waals surface area contributed by atoms with Crippen molar-refractivity contribution in [2.24, 2.45) is 7.05 Å². The number of halogens is 1. The van der Waals surface area contributed by atoms with Crippen LogP contribution in [0.4, 0.5) is 4.39 Å². The van der Waals surface area contributed by atoms with Gasteiger partial charge in [0.25, 0.3) is 5.56 Å². The fraction of sp³-hybridized carbons (Fsp3) is 0.692. The maximum absolute atomic E-state index is 13.5. The van der Waals surface area contributed by atoms with Crippen LogP contribution in [0.25, 0.3) is 0 Å². The summed E-state index contributed by atoms with van der Waals surface area (Å²) in [5.41, 5.74) is -3.86. The second-order valence-corrected chi connectivity index (χ2v) is 5.72. The van der Waals surface area contributed by atoms with E-state index in [1.54, 1.807) is 6.92 Å². The largest absolute Gasteiger partial charge is 0.393 e. The highest BCUT2D eigenvalue weighted by atomic mass is 19.1. The summed E-state index contributed by atoms with van der Waals surface area (Å²) in [5.74, 6) is 0. The summed E-state index contributed by atoms with van der Waals surface area (Å²) in [6.07, 6.45) is -0.628. The van der Waals surface area contributed by atoms with Crippen LogP contribution in [0.15, 0.2) is 21.9 Å². The first-order valence-corrected chi connectivity index (χ1v) is 6.78. The number of aliphatic hydroxyl groups excluding tert-OH is 1. The molecule has 2 saturated heterocycles. The summed E-state index contributed by atoms with van der Waals surface area (Å²) < 4.78 is 32.2. The van der Waals surface area contributed by atoms with E-state index < -0.39 is 48.1 Å². The fourth-order valence-electron chi connectivity index (χ4n) is 3.11. The van der Waals surface area contributed by atoms with Gasteiger partial charge in [0.1, 0.15) is 25.2 Å². The third kappa shape index (κ3) is 1.83. The van der Waals surface area contributed by atoms with Gasteiger partial charge in [0.2, 0.25) is 0 Å². The van der Waals surface area contributed by atoms with Crippen molar-refractivity contribution < 1.29 is 23.7 Å². The molecule has 2 fully saturated rings. The zero-order valence-corrected chi connectivity index (χ0v) is 12.2. The molecule has 3 rings (SSSR count). The normalized spacial score (nSPS) is 37.5. The molecule has 0 unspecified atom stereocenters. The van der Waals surface area contributed by atoms with E-state index in [1.807, 2.05) is 0 Å². The average Bonchev–Trinajstić information content (AvgIpc) is 3.00. The second-order valence-electron chi connectivity index (χ2n) is 5.72. The molecule has 3 heterocycles. The number of hydrogen-bond acceptors (Lipinski definition) is 6. The van der Waals surface area contributed by atoms with Crippen LogP contribution in [0.2, 0.25) is 0 Å². The zero-order valence-electron chi connectivity index (χ0n) is 12.2. The van der Waals surface area contributed by atoms with Crippen molar-refractivity contribution in [3.05, 3.63) is 33.1 Å². The molecule has 0 bridgehead atoms. The van der Waals surface area contributed by atoms with Gasteiger partial charge in [0.05, 0.1) is 6.61 Å². The lowest BCUT2D eigenvalue weighted by atomic mass is 9.88. The van der Waals surface area contributed by atoms with Gasteiger partial charge < -0.3 is 19.3 Å². The fourth-order valence-corrected chi connectivity index (χ4v) is 3.11. The number of rotatable bonds is 3. The molecule has 22 heavy (non-hydrogen) atoms. The van der Waals surface area contributed by atoms with Gasteiger partial charge in [-0.05, 0) is 6.92 Å². The summed E-state index contributed by atoms with van der Waals surface area (Å²) in [5, 5.41) is 9.57. The molecule has 9 heteroatoms. The van der Waals surface area contributed by atoms with Crippen molar-refractivity contribution >= 4 is 0 Å². The van der Waals surface area contributed by atoms with Gasteiger partial charge in [-0.25, -0.2) is 9.18 Å². The van der Waals surface area contributed by atoms with E-state index in [1.165, 1.54) is 19.3 Å². The van der Waals surface area contributed by atoms with Gasteiger partial charge in [0.15, 0.2) is 11.8 Å². The summed E-state index contributed by atoms with van der Waals surface area (Å²) in [4.78, 5) is 23.8. The Morgan fingerprint density at radius 3 is 2.86 bits per heavy atom. The molecule has 8 nitrogen and oxygen atoms in total. The van der Waals surface area contributed by atoms with Crippen molar-refractivity contribution in [3.63, 3.8) is 0 Å².